The zero-order valence-corrected chi connectivity index (χ0v) is 32.4. The van der Waals surface area contributed by atoms with Gasteiger partial charge in [0.2, 0.25) is 0 Å². The molecule has 276 valence electrons. The summed E-state index contributed by atoms with van der Waals surface area (Å²) in [5.41, 5.74) is 12.1. The fraction of sp³-hybridized carbons (Fsp3) is 0.0385. The molecule has 0 radical (unpaired) electrons. The van der Waals surface area contributed by atoms with Crippen LogP contribution in [0.2, 0.25) is 0 Å². The van der Waals surface area contributed by atoms with Crippen LogP contribution in [0.25, 0.3) is 56.2 Å². The summed E-state index contributed by atoms with van der Waals surface area (Å²) in [6.45, 7) is 0. The topological polar surface area (TPSA) is 54.8 Å². The van der Waals surface area contributed by atoms with Crippen molar-refractivity contribution in [2.75, 3.05) is 4.90 Å². The molecule has 9 aromatic rings. The van der Waals surface area contributed by atoms with Crippen LogP contribution >= 0.6 is 11.8 Å². The van der Waals surface area contributed by atoms with Gasteiger partial charge in [-0.2, -0.15) is 0 Å². The van der Waals surface area contributed by atoms with Crippen molar-refractivity contribution < 1.29 is 0 Å². The zero-order chi connectivity index (χ0) is 38.7. The van der Waals surface area contributed by atoms with Crippen molar-refractivity contribution in [1.82, 2.24) is 19.9 Å². The first-order chi connectivity index (χ1) is 28.8. The lowest BCUT2D eigenvalue weighted by atomic mass is 9.87. The summed E-state index contributed by atoms with van der Waals surface area (Å²) < 4.78 is 0. The number of para-hydroxylation sites is 2. The van der Waals surface area contributed by atoms with Crippen molar-refractivity contribution in [3.05, 3.63) is 212 Å². The third kappa shape index (κ3) is 6.95. The van der Waals surface area contributed by atoms with Crippen LogP contribution < -0.4 is 4.90 Å². The van der Waals surface area contributed by atoms with E-state index < -0.39 is 0 Å². The summed E-state index contributed by atoms with van der Waals surface area (Å²) in [5.74, 6) is 2.95. The quantitative estimate of drug-likeness (QED) is 0.146. The number of fused-ring (bicyclic) bond motifs is 2. The fourth-order valence-electron chi connectivity index (χ4n) is 7.75. The van der Waals surface area contributed by atoms with Crippen molar-refractivity contribution in [2.45, 2.75) is 22.6 Å². The minimum absolute atomic E-state index is 0.581. The first kappa shape index (κ1) is 35.3. The number of rotatable bonds is 9. The van der Waals surface area contributed by atoms with Gasteiger partial charge in [-0.15, -0.1) is 0 Å². The molecule has 0 fully saturated rings. The lowest BCUT2D eigenvalue weighted by Gasteiger charge is -2.33. The first-order valence-corrected chi connectivity index (χ1v) is 20.3. The number of aryl methyl sites for hydroxylation is 2. The average molecular weight is 764 g/mol. The van der Waals surface area contributed by atoms with E-state index >= 15 is 0 Å². The Morgan fingerprint density at radius 1 is 0.414 bits per heavy atom. The maximum atomic E-state index is 5.45. The number of benzene rings is 7. The molecule has 58 heavy (non-hydrogen) atoms. The summed E-state index contributed by atoms with van der Waals surface area (Å²) in [6, 6.07) is 67.8. The predicted molar refractivity (Wildman–Crippen MR) is 237 cm³/mol. The Bertz CT molecular complexity index is 2710. The van der Waals surface area contributed by atoms with Gasteiger partial charge >= 0.3 is 0 Å². The molecule has 6 heteroatoms. The van der Waals surface area contributed by atoms with E-state index in [0.29, 0.717) is 24.5 Å². The highest BCUT2D eigenvalue weighted by molar-refractivity contribution is 7.99. The van der Waals surface area contributed by atoms with Crippen LogP contribution in [0.1, 0.15) is 11.4 Å². The third-order valence-electron chi connectivity index (χ3n) is 10.5. The van der Waals surface area contributed by atoms with Crippen LogP contribution in [0.5, 0.6) is 0 Å². The molecule has 1 aliphatic rings. The Hall–Kier alpha value is -7.15. The summed E-state index contributed by atoms with van der Waals surface area (Å²) in [4.78, 5) is 25.3. The molecular formula is C52H37N5S. The lowest BCUT2D eigenvalue weighted by molar-refractivity contribution is 0.839. The highest BCUT2D eigenvalue weighted by Gasteiger charge is 2.28. The number of hydrogen-bond acceptors (Lipinski definition) is 6. The molecule has 0 aliphatic carbocycles. The maximum absolute atomic E-state index is 5.45. The van der Waals surface area contributed by atoms with Gasteiger partial charge in [0.25, 0.3) is 0 Å². The molecule has 2 aromatic heterocycles. The molecule has 0 atom stereocenters. The normalized spacial score (nSPS) is 11.8. The highest BCUT2D eigenvalue weighted by atomic mass is 32.2. The molecule has 0 spiro atoms. The van der Waals surface area contributed by atoms with Gasteiger partial charge < -0.3 is 0 Å². The van der Waals surface area contributed by atoms with Crippen molar-refractivity contribution in [3.63, 3.8) is 0 Å². The summed E-state index contributed by atoms with van der Waals surface area (Å²) >= 11 is 1.80. The number of nitrogens with zero attached hydrogens (tertiary/aromatic N) is 5. The van der Waals surface area contributed by atoms with Crippen LogP contribution in [-0.4, -0.2) is 19.9 Å². The molecule has 0 amide bonds. The molecule has 0 unspecified atom stereocenters. The van der Waals surface area contributed by atoms with E-state index in [1.165, 1.54) is 9.79 Å². The molecule has 0 bridgehead atoms. The van der Waals surface area contributed by atoms with Gasteiger partial charge in [0.05, 0.1) is 11.4 Å². The van der Waals surface area contributed by atoms with Crippen LogP contribution in [0.4, 0.5) is 17.2 Å². The summed E-state index contributed by atoms with van der Waals surface area (Å²) in [6.07, 6.45) is 3.28. The summed E-state index contributed by atoms with van der Waals surface area (Å²) in [7, 11) is 0. The number of anilines is 3. The summed E-state index contributed by atoms with van der Waals surface area (Å²) in [5, 5.41) is 0. The van der Waals surface area contributed by atoms with E-state index in [2.05, 4.69) is 169 Å². The molecule has 1 aliphatic heterocycles. The van der Waals surface area contributed by atoms with Gasteiger partial charge in [0, 0.05) is 39.1 Å². The second-order valence-corrected chi connectivity index (χ2v) is 15.3. The van der Waals surface area contributed by atoms with E-state index in [4.69, 9.17) is 19.9 Å². The lowest BCUT2D eigenvalue weighted by Crippen LogP contribution is -2.18. The van der Waals surface area contributed by atoms with Crippen molar-refractivity contribution in [1.29, 1.82) is 0 Å². The van der Waals surface area contributed by atoms with E-state index in [0.717, 1.165) is 73.1 Å². The van der Waals surface area contributed by atoms with E-state index in [1.54, 1.807) is 11.8 Å². The molecule has 0 N–H and O–H groups in total. The SMILES string of the molecule is c1ccc(-c2nc(CCc3cc(-c4c(-c5ccccc5)cccc4-c4ccccc4)cnc3N3c4ccccc4Sc4ccccc43)nc(-c3ccccc3)n2)cc1. The second kappa shape index (κ2) is 15.8. The monoisotopic (exact) mass is 763 g/mol. The van der Waals surface area contributed by atoms with Crippen LogP contribution in [0.3, 0.4) is 0 Å². The van der Waals surface area contributed by atoms with E-state index in [1.807, 2.05) is 36.4 Å². The Morgan fingerprint density at radius 3 is 1.40 bits per heavy atom. The molecule has 3 heterocycles. The predicted octanol–water partition coefficient (Wildman–Crippen LogP) is 13.3. The number of aromatic nitrogens is 4. The Kier molecular flexibility index (Phi) is 9.59. The van der Waals surface area contributed by atoms with Crippen molar-refractivity contribution in [3.8, 4) is 56.2 Å². The minimum Gasteiger partial charge on any atom is -0.293 e. The minimum atomic E-state index is 0.581. The maximum Gasteiger partial charge on any atom is 0.163 e. The largest absolute Gasteiger partial charge is 0.293 e. The second-order valence-electron chi connectivity index (χ2n) is 14.2. The Balaban J connectivity index is 1.16. The van der Waals surface area contributed by atoms with Gasteiger partial charge in [-0.1, -0.05) is 176 Å². The zero-order valence-electron chi connectivity index (χ0n) is 31.6. The van der Waals surface area contributed by atoms with Crippen LogP contribution in [0.15, 0.2) is 210 Å². The molecule has 7 aromatic carbocycles. The Labute approximate surface area is 342 Å². The smallest absolute Gasteiger partial charge is 0.163 e. The van der Waals surface area contributed by atoms with Crippen molar-refractivity contribution in [2.24, 2.45) is 0 Å². The number of hydrogen-bond donors (Lipinski definition) is 0. The standard InChI is InChI=1S/C52H37N5S/c1-5-18-36(19-6-1)42-26-17-27-43(37-20-7-2-8-21-37)49(42)41-34-40(52(53-35-41)57-44-28-13-15-30-46(44)58-47-31-16-14-29-45(47)57)32-33-48-54-50(38-22-9-3-10-23-38)56-51(55-48)39-24-11-4-12-25-39/h1-31,34-35H,32-33H2. The highest BCUT2D eigenvalue weighted by Crippen LogP contribution is 2.52. The molecule has 10 rings (SSSR count). The first-order valence-electron chi connectivity index (χ1n) is 19.5. The molecule has 5 nitrogen and oxygen atoms in total. The van der Waals surface area contributed by atoms with Gasteiger partial charge in [-0.3, -0.25) is 4.90 Å². The average Bonchev–Trinajstić information content (AvgIpc) is 3.31. The van der Waals surface area contributed by atoms with Gasteiger partial charge in [0.1, 0.15) is 11.6 Å². The molecule has 0 saturated heterocycles. The third-order valence-corrected chi connectivity index (χ3v) is 11.6. The van der Waals surface area contributed by atoms with Gasteiger partial charge in [0.15, 0.2) is 11.6 Å². The van der Waals surface area contributed by atoms with Gasteiger partial charge in [-0.25, -0.2) is 19.9 Å². The van der Waals surface area contributed by atoms with Crippen LogP contribution in [-0.2, 0) is 12.8 Å². The Morgan fingerprint density at radius 2 is 0.879 bits per heavy atom. The van der Waals surface area contributed by atoms with Crippen molar-refractivity contribution >= 4 is 29.0 Å². The van der Waals surface area contributed by atoms with Gasteiger partial charge in [-0.05, 0) is 70.1 Å². The molecular weight excluding hydrogens is 727 g/mol. The fourth-order valence-corrected chi connectivity index (χ4v) is 8.81. The van der Waals surface area contributed by atoms with E-state index in [-0.39, 0.29) is 0 Å². The number of pyridine rings is 1. The van der Waals surface area contributed by atoms with Crippen LogP contribution in [0, 0.1) is 0 Å². The molecule has 0 saturated carbocycles. The van der Waals surface area contributed by atoms with E-state index in [9.17, 15) is 0 Å².